The Morgan fingerprint density at radius 1 is 1.67 bits per heavy atom. The lowest BCUT2D eigenvalue weighted by atomic mass is 10.5. The third-order valence-electron chi connectivity index (χ3n) is 1.82. The largest absolute Gasteiger partial charge is 0.398 e. The van der Waals surface area contributed by atoms with Crippen LogP contribution in [0.1, 0.15) is 6.92 Å². The first-order valence-electron chi connectivity index (χ1n) is 4.32. The van der Waals surface area contributed by atoms with E-state index in [2.05, 4.69) is 4.72 Å². The molecule has 0 amide bonds. The fraction of sp³-hybridized carbons (Fsp3) is 0.500. The maximum absolute atomic E-state index is 11.7. The predicted octanol–water partition coefficient (Wildman–Crippen LogP) is 1.36. The first-order chi connectivity index (χ1) is 6.95. The molecule has 0 aliphatic heterocycles. The van der Waals surface area contributed by atoms with Crippen LogP contribution < -0.4 is 10.5 Å². The Balaban J connectivity index is 2.68. The van der Waals surface area contributed by atoms with Crippen LogP contribution in [0.4, 0.5) is 5.69 Å². The number of sulfonamides is 1. The van der Waals surface area contributed by atoms with E-state index in [-0.39, 0.29) is 9.46 Å². The van der Waals surface area contributed by atoms with Gasteiger partial charge in [0.2, 0.25) is 10.0 Å². The number of thiophene rings is 1. The van der Waals surface area contributed by atoms with E-state index in [1.807, 2.05) is 13.2 Å². The Hall–Kier alpha value is -0.240. The summed E-state index contributed by atoms with van der Waals surface area (Å²) in [5, 5.41) is 1.88. The standard InChI is InChI=1S/C8H14N2O2S3/c1-6(13-2)4-10-15(11,12)8-3-7(9)5-14-8/h3,5-6,10H,4,9H2,1-2H3. The number of thioether (sulfide) groups is 1. The van der Waals surface area contributed by atoms with Gasteiger partial charge in [0.15, 0.2) is 0 Å². The van der Waals surface area contributed by atoms with Crippen molar-refractivity contribution in [1.29, 1.82) is 0 Å². The first-order valence-corrected chi connectivity index (χ1v) is 7.97. The molecular formula is C8H14N2O2S3. The van der Waals surface area contributed by atoms with Crippen LogP contribution >= 0.6 is 23.1 Å². The van der Waals surface area contributed by atoms with Crippen molar-refractivity contribution in [2.45, 2.75) is 16.4 Å². The zero-order chi connectivity index (χ0) is 11.5. The van der Waals surface area contributed by atoms with E-state index in [0.717, 1.165) is 11.3 Å². The van der Waals surface area contributed by atoms with Crippen LogP contribution in [0.5, 0.6) is 0 Å². The van der Waals surface area contributed by atoms with Gasteiger partial charge in [-0.3, -0.25) is 0 Å². The molecule has 1 unspecified atom stereocenters. The molecule has 0 radical (unpaired) electrons. The fourth-order valence-electron chi connectivity index (χ4n) is 0.853. The number of nitrogens with two attached hydrogens (primary N) is 1. The van der Waals surface area contributed by atoms with Gasteiger partial charge in [-0.15, -0.1) is 11.3 Å². The van der Waals surface area contributed by atoms with Crippen LogP contribution in [-0.4, -0.2) is 26.5 Å². The molecule has 0 saturated carbocycles. The Morgan fingerprint density at radius 3 is 2.80 bits per heavy atom. The maximum Gasteiger partial charge on any atom is 0.250 e. The molecule has 0 fully saturated rings. The van der Waals surface area contributed by atoms with Crippen molar-refractivity contribution in [2.75, 3.05) is 18.5 Å². The third kappa shape index (κ3) is 3.67. The Labute approximate surface area is 98.3 Å². The van der Waals surface area contributed by atoms with E-state index in [4.69, 9.17) is 5.73 Å². The average Bonchev–Trinajstić information content (AvgIpc) is 2.62. The zero-order valence-electron chi connectivity index (χ0n) is 8.56. The van der Waals surface area contributed by atoms with Crippen molar-refractivity contribution in [2.24, 2.45) is 0 Å². The molecule has 1 heterocycles. The summed E-state index contributed by atoms with van der Waals surface area (Å²) in [4.78, 5) is 0. The summed E-state index contributed by atoms with van der Waals surface area (Å²) in [6.07, 6.45) is 1.95. The van der Waals surface area contributed by atoms with Crippen molar-refractivity contribution in [1.82, 2.24) is 4.72 Å². The highest BCUT2D eigenvalue weighted by atomic mass is 32.2. The van der Waals surface area contributed by atoms with Crippen LogP contribution in [0.3, 0.4) is 0 Å². The molecule has 1 aromatic heterocycles. The molecular weight excluding hydrogens is 252 g/mol. The number of anilines is 1. The second-order valence-electron chi connectivity index (χ2n) is 3.10. The van der Waals surface area contributed by atoms with Crippen LogP contribution in [0, 0.1) is 0 Å². The summed E-state index contributed by atoms with van der Waals surface area (Å²) in [5.41, 5.74) is 5.96. The Bertz CT molecular complexity index is 413. The molecule has 0 spiro atoms. The molecule has 0 aliphatic carbocycles. The number of nitrogen functional groups attached to an aromatic ring is 1. The highest BCUT2D eigenvalue weighted by molar-refractivity contribution is 7.99. The molecule has 1 atom stereocenters. The van der Waals surface area contributed by atoms with Gasteiger partial charge in [-0.05, 0) is 12.3 Å². The van der Waals surface area contributed by atoms with Crippen LogP contribution in [0.25, 0.3) is 0 Å². The predicted molar refractivity (Wildman–Crippen MR) is 66.9 cm³/mol. The molecule has 4 nitrogen and oxygen atoms in total. The van der Waals surface area contributed by atoms with E-state index in [1.165, 1.54) is 6.07 Å². The number of rotatable bonds is 5. The van der Waals surface area contributed by atoms with Gasteiger partial charge in [-0.2, -0.15) is 11.8 Å². The normalized spacial score (nSPS) is 14.0. The second-order valence-corrected chi connectivity index (χ2v) is 7.28. The first kappa shape index (κ1) is 12.8. The fourth-order valence-corrected chi connectivity index (χ4v) is 3.46. The average molecular weight is 266 g/mol. The molecule has 1 aromatic rings. The quantitative estimate of drug-likeness (QED) is 0.844. The summed E-state index contributed by atoms with van der Waals surface area (Å²) in [6, 6.07) is 1.47. The zero-order valence-corrected chi connectivity index (χ0v) is 11.0. The lowest BCUT2D eigenvalue weighted by molar-refractivity contribution is 0.583. The minimum absolute atomic E-state index is 0.261. The Kier molecular flexibility index (Phi) is 4.45. The lowest BCUT2D eigenvalue weighted by Gasteiger charge is -2.08. The molecule has 15 heavy (non-hydrogen) atoms. The SMILES string of the molecule is CSC(C)CNS(=O)(=O)c1cc(N)cs1. The van der Waals surface area contributed by atoms with Crippen molar-refractivity contribution in [3.63, 3.8) is 0 Å². The van der Waals surface area contributed by atoms with E-state index in [0.29, 0.717) is 12.2 Å². The van der Waals surface area contributed by atoms with Crippen molar-refractivity contribution in [3.05, 3.63) is 11.4 Å². The van der Waals surface area contributed by atoms with Crippen LogP contribution in [-0.2, 0) is 10.0 Å². The minimum atomic E-state index is -3.37. The van der Waals surface area contributed by atoms with Gasteiger partial charge >= 0.3 is 0 Å². The van der Waals surface area contributed by atoms with Crippen LogP contribution in [0.15, 0.2) is 15.7 Å². The summed E-state index contributed by atoms with van der Waals surface area (Å²) >= 11 is 2.75. The maximum atomic E-state index is 11.7. The lowest BCUT2D eigenvalue weighted by Crippen LogP contribution is -2.28. The van der Waals surface area contributed by atoms with Crippen molar-refractivity contribution in [3.8, 4) is 0 Å². The third-order valence-corrected chi connectivity index (χ3v) is 5.68. The molecule has 3 N–H and O–H groups in total. The molecule has 0 aliphatic rings. The van der Waals surface area contributed by atoms with E-state index in [1.54, 1.807) is 17.1 Å². The van der Waals surface area contributed by atoms with Gasteiger partial charge in [-0.25, -0.2) is 13.1 Å². The monoisotopic (exact) mass is 266 g/mol. The highest BCUT2D eigenvalue weighted by Gasteiger charge is 2.16. The summed E-state index contributed by atoms with van der Waals surface area (Å²) in [6.45, 7) is 2.40. The van der Waals surface area contributed by atoms with E-state index >= 15 is 0 Å². The van der Waals surface area contributed by atoms with Crippen molar-refractivity contribution >= 4 is 38.8 Å². The highest BCUT2D eigenvalue weighted by Crippen LogP contribution is 2.21. The molecule has 7 heteroatoms. The molecule has 0 aromatic carbocycles. The summed E-state index contributed by atoms with van der Waals surface area (Å²) < 4.78 is 26.2. The summed E-state index contributed by atoms with van der Waals surface area (Å²) in [7, 11) is -3.37. The Morgan fingerprint density at radius 2 is 2.33 bits per heavy atom. The van der Waals surface area contributed by atoms with Crippen molar-refractivity contribution < 1.29 is 8.42 Å². The number of hydrogen-bond acceptors (Lipinski definition) is 5. The van der Waals surface area contributed by atoms with Gasteiger partial charge in [0, 0.05) is 22.9 Å². The van der Waals surface area contributed by atoms with Gasteiger partial charge in [-0.1, -0.05) is 6.92 Å². The number of hydrogen-bond donors (Lipinski definition) is 2. The molecule has 0 saturated heterocycles. The minimum Gasteiger partial charge on any atom is -0.398 e. The van der Waals surface area contributed by atoms with E-state index in [9.17, 15) is 8.42 Å². The smallest absolute Gasteiger partial charge is 0.250 e. The van der Waals surface area contributed by atoms with Gasteiger partial charge in [0.25, 0.3) is 0 Å². The number of nitrogens with one attached hydrogen (secondary N) is 1. The molecule has 0 bridgehead atoms. The van der Waals surface area contributed by atoms with Gasteiger partial charge in [0.1, 0.15) is 4.21 Å². The van der Waals surface area contributed by atoms with Gasteiger partial charge in [0.05, 0.1) is 0 Å². The van der Waals surface area contributed by atoms with Crippen LogP contribution in [0.2, 0.25) is 0 Å². The summed E-state index contributed by atoms with van der Waals surface area (Å²) in [5.74, 6) is 0. The van der Waals surface area contributed by atoms with Gasteiger partial charge < -0.3 is 5.73 Å². The topological polar surface area (TPSA) is 72.2 Å². The second kappa shape index (κ2) is 5.20. The van der Waals surface area contributed by atoms with E-state index < -0.39 is 10.0 Å². The molecule has 86 valence electrons. The molecule has 1 rings (SSSR count).